The fourth-order valence-electron chi connectivity index (χ4n) is 2.39. The Kier molecular flexibility index (Phi) is 3.38. The molecule has 1 aromatic carbocycles. The molecule has 0 heterocycles. The maximum Gasteiger partial charge on any atom is 0.0253 e. The third-order valence-corrected chi connectivity index (χ3v) is 3.63. The van der Waals surface area contributed by atoms with E-state index in [-0.39, 0.29) is 0 Å². The highest BCUT2D eigenvalue weighted by Crippen LogP contribution is 2.35. The molecule has 0 atom stereocenters. The maximum absolute atomic E-state index is 5.36. The first-order chi connectivity index (χ1) is 7.31. The average Bonchev–Trinajstić information content (AvgIpc) is 2.30. The van der Waals surface area contributed by atoms with Crippen LogP contribution in [-0.2, 0) is 0 Å². The Morgan fingerprint density at radius 1 is 1.20 bits per heavy atom. The van der Waals surface area contributed by atoms with Crippen molar-refractivity contribution in [2.24, 2.45) is 0 Å². The zero-order valence-corrected chi connectivity index (χ0v) is 9.76. The summed E-state index contributed by atoms with van der Waals surface area (Å²) in [4.78, 5) is 1.07. The lowest BCUT2D eigenvalue weighted by molar-refractivity contribution is 0.439. The van der Waals surface area contributed by atoms with E-state index in [1.165, 1.54) is 37.7 Å². The van der Waals surface area contributed by atoms with Crippen LogP contribution in [0.15, 0.2) is 23.1 Å². The molecule has 78 valence electrons. The molecular weight excluding hydrogens is 200 g/mol. The van der Waals surface area contributed by atoms with Gasteiger partial charge in [-0.3, -0.25) is 0 Å². The lowest BCUT2D eigenvalue weighted by Gasteiger charge is -2.23. The number of hydrogen-bond acceptors (Lipinski definition) is 1. The van der Waals surface area contributed by atoms with Gasteiger partial charge in [0, 0.05) is 10.5 Å². The van der Waals surface area contributed by atoms with Gasteiger partial charge in [0.2, 0.25) is 0 Å². The SMILES string of the molecule is C#Cc1ccc(C2CCCCC2)c(S)c1. The van der Waals surface area contributed by atoms with E-state index >= 15 is 0 Å². The summed E-state index contributed by atoms with van der Waals surface area (Å²) in [5.41, 5.74) is 2.32. The maximum atomic E-state index is 5.36. The molecule has 1 aliphatic carbocycles. The van der Waals surface area contributed by atoms with E-state index in [0.717, 1.165) is 10.5 Å². The summed E-state index contributed by atoms with van der Waals surface area (Å²) in [5.74, 6) is 3.36. The van der Waals surface area contributed by atoms with Crippen LogP contribution in [-0.4, -0.2) is 0 Å². The molecule has 0 aliphatic heterocycles. The lowest BCUT2D eigenvalue weighted by atomic mass is 9.84. The Bertz CT molecular complexity index is 381. The predicted octanol–water partition coefficient (Wildman–Crippen LogP) is 4.00. The molecule has 1 heteroatoms. The molecule has 0 spiro atoms. The summed E-state index contributed by atoms with van der Waals surface area (Å²) in [6, 6.07) is 6.20. The molecule has 0 N–H and O–H groups in total. The van der Waals surface area contributed by atoms with E-state index in [9.17, 15) is 0 Å². The van der Waals surface area contributed by atoms with E-state index < -0.39 is 0 Å². The van der Waals surface area contributed by atoms with Gasteiger partial charge in [-0.1, -0.05) is 31.2 Å². The molecular formula is C14H16S. The first-order valence-electron chi connectivity index (χ1n) is 5.61. The predicted molar refractivity (Wildman–Crippen MR) is 67.5 cm³/mol. The van der Waals surface area contributed by atoms with E-state index in [0.29, 0.717) is 5.92 Å². The second-order valence-corrected chi connectivity index (χ2v) is 4.73. The van der Waals surface area contributed by atoms with Gasteiger partial charge >= 0.3 is 0 Å². The van der Waals surface area contributed by atoms with Gasteiger partial charge in [-0.2, -0.15) is 0 Å². The molecule has 0 saturated heterocycles. The third kappa shape index (κ3) is 2.38. The average molecular weight is 216 g/mol. The molecule has 0 aromatic heterocycles. The summed E-state index contributed by atoms with van der Waals surface area (Å²) >= 11 is 4.54. The topological polar surface area (TPSA) is 0 Å². The van der Waals surface area contributed by atoms with Crippen molar-refractivity contribution in [1.29, 1.82) is 0 Å². The van der Waals surface area contributed by atoms with E-state index in [4.69, 9.17) is 6.42 Å². The highest BCUT2D eigenvalue weighted by molar-refractivity contribution is 7.80. The van der Waals surface area contributed by atoms with Crippen LogP contribution in [0.3, 0.4) is 0 Å². The molecule has 0 nitrogen and oxygen atoms in total. The fourth-order valence-corrected chi connectivity index (χ4v) is 2.79. The Morgan fingerprint density at radius 2 is 1.93 bits per heavy atom. The van der Waals surface area contributed by atoms with Gasteiger partial charge in [0.1, 0.15) is 0 Å². The van der Waals surface area contributed by atoms with Crippen LogP contribution in [0.5, 0.6) is 0 Å². The summed E-state index contributed by atoms with van der Waals surface area (Å²) in [5, 5.41) is 0. The smallest absolute Gasteiger partial charge is 0.0253 e. The van der Waals surface area contributed by atoms with Crippen molar-refractivity contribution in [2.75, 3.05) is 0 Å². The number of rotatable bonds is 1. The zero-order valence-electron chi connectivity index (χ0n) is 8.87. The standard InChI is InChI=1S/C14H16S/c1-2-11-8-9-13(14(15)10-11)12-6-4-3-5-7-12/h1,8-10,12,15H,3-7H2. The minimum Gasteiger partial charge on any atom is -0.143 e. The van der Waals surface area contributed by atoms with Gasteiger partial charge in [-0.25, -0.2) is 0 Å². The Labute approximate surface area is 97.5 Å². The van der Waals surface area contributed by atoms with Gasteiger partial charge in [0.15, 0.2) is 0 Å². The largest absolute Gasteiger partial charge is 0.143 e. The van der Waals surface area contributed by atoms with Crippen molar-refractivity contribution in [3.8, 4) is 12.3 Å². The zero-order chi connectivity index (χ0) is 10.7. The summed E-state index contributed by atoms with van der Waals surface area (Å²) in [6.45, 7) is 0. The summed E-state index contributed by atoms with van der Waals surface area (Å²) in [7, 11) is 0. The molecule has 15 heavy (non-hydrogen) atoms. The normalized spacial score (nSPS) is 17.3. The first kappa shape index (κ1) is 10.6. The third-order valence-electron chi connectivity index (χ3n) is 3.24. The molecule has 1 saturated carbocycles. The Hall–Kier alpha value is -0.870. The fraction of sp³-hybridized carbons (Fsp3) is 0.429. The molecule has 0 unspecified atom stereocenters. The quantitative estimate of drug-likeness (QED) is 0.532. The van der Waals surface area contributed by atoms with Crippen LogP contribution in [0.2, 0.25) is 0 Å². The number of thiol groups is 1. The number of benzene rings is 1. The van der Waals surface area contributed by atoms with Gasteiger partial charge in [-0.05, 0) is 36.5 Å². The van der Waals surface area contributed by atoms with Crippen molar-refractivity contribution in [3.05, 3.63) is 29.3 Å². The second-order valence-electron chi connectivity index (χ2n) is 4.25. The summed E-state index contributed by atoms with van der Waals surface area (Å²) in [6.07, 6.45) is 12.1. The van der Waals surface area contributed by atoms with Crippen LogP contribution in [0.1, 0.15) is 49.1 Å². The van der Waals surface area contributed by atoms with E-state index in [1.807, 2.05) is 12.1 Å². The second kappa shape index (κ2) is 4.77. The minimum absolute atomic E-state index is 0.707. The van der Waals surface area contributed by atoms with Crippen LogP contribution in [0.25, 0.3) is 0 Å². The molecule has 1 aliphatic rings. The number of hydrogen-bond donors (Lipinski definition) is 1. The van der Waals surface area contributed by atoms with Crippen LogP contribution >= 0.6 is 12.6 Å². The van der Waals surface area contributed by atoms with Crippen molar-refractivity contribution >= 4 is 12.6 Å². The molecule has 0 radical (unpaired) electrons. The van der Waals surface area contributed by atoms with E-state index in [2.05, 4.69) is 24.6 Å². The highest BCUT2D eigenvalue weighted by atomic mass is 32.1. The van der Waals surface area contributed by atoms with Crippen LogP contribution in [0, 0.1) is 12.3 Å². The molecule has 0 bridgehead atoms. The Balaban J connectivity index is 2.24. The molecule has 0 amide bonds. The molecule has 1 aromatic rings. The summed E-state index contributed by atoms with van der Waals surface area (Å²) < 4.78 is 0. The van der Waals surface area contributed by atoms with Crippen molar-refractivity contribution < 1.29 is 0 Å². The monoisotopic (exact) mass is 216 g/mol. The van der Waals surface area contributed by atoms with Crippen LogP contribution in [0.4, 0.5) is 0 Å². The minimum atomic E-state index is 0.707. The van der Waals surface area contributed by atoms with Crippen molar-refractivity contribution in [2.45, 2.75) is 42.9 Å². The highest BCUT2D eigenvalue weighted by Gasteiger charge is 2.17. The van der Waals surface area contributed by atoms with Crippen molar-refractivity contribution in [3.63, 3.8) is 0 Å². The van der Waals surface area contributed by atoms with Gasteiger partial charge in [0.25, 0.3) is 0 Å². The first-order valence-corrected chi connectivity index (χ1v) is 6.05. The molecule has 1 fully saturated rings. The van der Waals surface area contributed by atoms with Gasteiger partial charge in [0.05, 0.1) is 0 Å². The van der Waals surface area contributed by atoms with Crippen molar-refractivity contribution in [1.82, 2.24) is 0 Å². The Morgan fingerprint density at radius 3 is 2.53 bits per heavy atom. The van der Waals surface area contributed by atoms with Crippen LogP contribution < -0.4 is 0 Å². The van der Waals surface area contributed by atoms with Gasteiger partial charge < -0.3 is 0 Å². The number of terminal acetylenes is 1. The molecule has 2 rings (SSSR count). The lowest BCUT2D eigenvalue weighted by Crippen LogP contribution is -2.05. The van der Waals surface area contributed by atoms with E-state index in [1.54, 1.807) is 0 Å². The van der Waals surface area contributed by atoms with Gasteiger partial charge in [-0.15, -0.1) is 19.1 Å².